The third-order valence-electron chi connectivity index (χ3n) is 3.16. The summed E-state index contributed by atoms with van der Waals surface area (Å²) in [6.45, 7) is -0.438. The molecule has 2 rings (SSSR count). The fourth-order valence-electron chi connectivity index (χ4n) is 2.22. The molecule has 0 aliphatic rings. The zero-order valence-corrected chi connectivity index (χ0v) is 12.6. The highest BCUT2D eigenvalue weighted by molar-refractivity contribution is 5.97. The van der Waals surface area contributed by atoms with Crippen molar-refractivity contribution in [2.24, 2.45) is 0 Å². The number of rotatable bonds is 6. The summed E-state index contributed by atoms with van der Waals surface area (Å²) in [6, 6.07) is 2.93. The zero-order chi connectivity index (χ0) is 17.9. The maximum atomic E-state index is 12.8. The topological polar surface area (TPSA) is 83.9 Å². The van der Waals surface area contributed by atoms with Crippen LogP contribution in [-0.2, 0) is 17.8 Å². The lowest BCUT2D eigenvalue weighted by Crippen LogP contribution is -2.39. The van der Waals surface area contributed by atoms with Gasteiger partial charge in [0.15, 0.2) is 0 Å². The van der Waals surface area contributed by atoms with Crippen LogP contribution >= 0.6 is 0 Å². The fraction of sp³-hybridized carbons (Fsp3) is 0.333. The van der Waals surface area contributed by atoms with E-state index in [2.05, 4.69) is 0 Å². The molecule has 9 heteroatoms. The Morgan fingerprint density at radius 2 is 2.00 bits per heavy atom. The summed E-state index contributed by atoms with van der Waals surface area (Å²) < 4.78 is 48.4. The summed E-state index contributed by atoms with van der Waals surface area (Å²) in [7, 11) is 0. The molecule has 2 heterocycles. The van der Waals surface area contributed by atoms with E-state index in [9.17, 15) is 22.8 Å². The van der Waals surface area contributed by atoms with Gasteiger partial charge in [-0.25, -0.2) is 0 Å². The smallest absolute Gasteiger partial charge is 0.406 e. The van der Waals surface area contributed by atoms with E-state index >= 15 is 0 Å². The molecule has 0 atom stereocenters. The van der Waals surface area contributed by atoms with Crippen molar-refractivity contribution in [3.05, 3.63) is 47.3 Å². The van der Waals surface area contributed by atoms with Gasteiger partial charge in [0, 0.05) is 5.56 Å². The first-order valence-electron chi connectivity index (χ1n) is 6.84. The first kappa shape index (κ1) is 17.6. The van der Waals surface area contributed by atoms with Crippen LogP contribution in [0.1, 0.15) is 27.4 Å². The average molecular weight is 345 g/mol. The molecule has 0 aliphatic carbocycles. The fourth-order valence-corrected chi connectivity index (χ4v) is 2.22. The molecule has 0 aromatic carbocycles. The number of aryl methyl sites for hydroxylation is 1. The molecule has 1 amide bonds. The summed E-state index contributed by atoms with van der Waals surface area (Å²) in [5.41, 5.74) is 0.0936. The van der Waals surface area contributed by atoms with Crippen LogP contribution in [0.25, 0.3) is 0 Å². The quantitative estimate of drug-likeness (QED) is 0.870. The van der Waals surface area contributed by atoms with Gasteiger partial charge in [-0.1, -0.05) is 0 Å². The van der Waals surface area contributed by atoms with Crippen molar-refractivity contribution < 1.29 is 36.7 Å². The summed E-state index contributed by atoms with van der Waals surface area (Å²) >= 11 is 0. The van der Waals surface area contributed by atoms with Crippen LogP contribution in [-0.4, -0.2) is 34.6 Å². The van der Waals surface area contributed by atoms with Crippen molar-refractivity contribution in [2.75, 3.05) is 6.54 Å². The normalized spacial score (nSPS) is 11.5. The molecule has 0 bridgehead atoms. The number of carboxylic acids is 1. The first-order valence-corrected chi connectivity index (χ1v) is 6.84. The minimum absolute atomic E-state index is 0.173. The lowest BCUT2D eigenvalue weighted by molar-refractivity contribution is -0.142. The number of alkyl halides is 3. The van der Waals surface area contributed by atoms with Gasteiger partial charge in [-0.15, -0.1) is 0 Å². The molecule has 130 valence electrons. The Morgan fingerprint density at radius 3 is 2.54 bits per heavy atom. The summed E-state index contributed by atoms with van der Waals surface area (Å²) in [5, 5.41) is 8.83. The molecule has 24 heavy (non-hydrogen) atoms. The maximum Gasteiger partial charge on any atom is 0.406 e. The molecule has 0 radical (unpaired) electrons. The lowest BCUT2D eigenvalue weighted by atomic mass is 10.1. The van der Waals surface area contributed by atoms with Crippen LogP contribution in [0.2, 0.25) is 0 Å². The van der Waals surface area contributed by atoms with E-state index in [1.54, 1.807) is 0 Å². The van der Waals surface area contributed by atoms with Crippen molar-refractivity contribution >= 4 is 11.9 Å². The van der Waals surface area contributed by atoms with Gasteiger partial charge in [-0.2, -0.15) is 13.2 Å². The van der Waals surface area contributed by atoms with Crippen LogP contribution < -0.4 is 0 Å². The van der Waals surface area contributed by atoms with Gasteiger partial charge < -0.3 is 18.8 Å². The predicted molar refractivity (Wildman–Crippen MR) is 74.3 cm³/mol. The van der Waals surface area contributed by atoms with Crippen LogP contribution in [0.15, 0.2) is 33.5 Å². The van der Waals surface area contributed by atoms with Crippen molar-refractivity contribution in [3.63, 3.8) is 0 Å². The number of hydrogen-bond donors (Lipinski definition) is 1. The Labute approximate surface area is 134 Å². The predicted octanol–water partition coefficient (Wildman–Crippen LogP) is 3.01. The number of halogens is 3. The Balaban J connectivity index is 2.33. The molecule has 1 N–H and O–H groups in total. The van der Waals surface area contributed by atoms with Gasteiger partial charge >= 0.3 is 12.1 Å². The monoisotopic (exact) mass is 345 g/mol. The SMILES string of the molecule is Cc1coc(CC(=O)O)c1C(=O)N(Cc1ccco1)CC(F)(F)F. The molecule has 2 aromatic rings. The van der Waals surface area contributed by atoms with E-state index < -0.39 is 37.6 Å². The summed E-state index contributed by atoms with van der Waals surface area (Å²) in [4.78, 5) is 23.9. The van der Waals surface area contributed by atoms with E-state index in [1.807, 2.05) is 0 Å². The molecule has 0 saturated heterocycles. The standard InChI is InChI=1S/C15H14F3NO5/c1-9-7-24-11(5-12(20)21)13(9)14(22)19(8-15(16,17)18)6-10-3-2-4-23-10/h2-4,7H,5-6,8H2,1H3,(H,20,21). The Morgan fingerprint density at radius 1 is 1.29 bits per heavy atom. The van der Waals surface area contributed by atoms with E-state index in [0.29, 0.717) is 4.90 Å². The second-order valence-electron chi connectivity index (χ2n) is 5.14. The van der Waals surface area contributed by atoms with Gasteiger partial charge in [-0.3, -0.25) is 9.59 Å². The van der Waals surface area contributed by atoms with Gasteiger partial charge in [0.25, 0.3) is 5.91 Å². The molecule has 0 unspecified atom stereocenters. The number of amides is 1. The largest absolute Gasteiger partial charge is 0.481 e. The maximum absolute atomic E-state index is 12.8. The van der Waals surface area contributed by atoms with Crippen molar-refractivity contribution in [3.8, 4) is 0 Å². The molecule has 0 fully saturated rings. The molecule has 6 nitrogen and oxygen atoms in total. The Hall–Kier alpha value is -2.71. The number of nitrogens with zero attached hydrogens (tertiary/aromatic N) is 1. The first-order chi connectivity index (χ1) is 11.2. The second kappa shape index (κ2) is 6.81. The van der Waals surface area contributed by atoms with E-state index in [-0.39, 0.29) is 22.6 Å². The van der Waals surface area contributed by atoms with Gasteiger partial charge in [-0.05, 0) is 19.1 Å². The number of carbonyl (C=O) groups excluding carboxylic acids is 1. The third kappa shape index (κ3) is 4.40. The van der Waals surface area contributed by atoms with Crippen molar-refractivity contribution in [1.29, 1.82) is 0 Å². The van der Waals surface area contributed by atoms with E-state index in [4.69, 9.17) is 13.9 Å². The molecule has 0 spiro atoms. The van der Waals surface area contributed by atoms with E-state index in [0.717, 1.165) is 6.26 Å². The van der Waals surface area contributed by atoms with Crippen LogP contribution in [0, 0.1) is 6.92 Å². The average Bonchev–Trinajstić information content (AvgIpc) is 3.06. The molecule has 0 saturated carbocycles. The molecular weight excluding hydrogens is 331 g/mol. The number of carboxylic acid groups (broad SMARTS) is 1. The molecule has 0 aliphatic heterocycles. The third-order valence-corrected chi connectivity index (χ3v) is 3.16. The lowest BCUT2D eigenvalue weighted by Gasteiger charge is -2.23. The molecular formula is C15H14F3NO5. The summed E-state index contributed by atoms with van der Waals surface area (Å²) in [5.74, 6) is -2.23. The van der Waals surface area contributed by atoms with Crippen molar-refractivity contribution in [2.45, 2.75) is 26.1 Å². The van der Waals surface area contributed by atoms with Crippen LogP contribution in [0.4, 0.5) is 13.2 Å². The number of carbonyl (C=O) groups is 2. The van der Waals surface area contributed by atoms with Gasteiger partial charge in [0.05, 0.1) is 24.6 Å². The van der Waals surface area contributed by atoms with Gasteiger partial charge in [0.2, 0.25) is 0 Å². The van der Waals surface area contributed by atoms with Crippen molar-refractivity contribution in [1.82, 2.24) is 4.90 Å². The Kier molecular flexibility index (Phi) is 5.01. The minimum Gasteiger partial charge on any atom is -0.481 e. The zero-order valence-electron chi connectivity index (χ0n) is 12.6. The Bertz CT molecular complexity index is 718. The van der Waals surface area contributed by atoms with E-state index in [1.165, 1.54) is 25.3 Å². The highest BCUT2D eigenvalue weighted by Gasteiger charge is 2.35. The second-order valence-corrected chi connectivity index (χ2v) is 5.14. The van der Waals surface area contributed by atoms with Crippen LogP contribution in [0.3, 0.4) is 0 Å². The van der Waals surface area contributed by atoms with Gasteiger partial charge in [0.1, 0.15) is 24.5 Å². The van der Waals surface area contributed by atoms with Crippen LogP contribution in [0.5, 0.6) is 0 Å². The highest BCUT2D eigenvalue weighted by atomic mass is 19.4. The molecule has 2 aromatic heterocycles. The minimum atomic E-state index is -4.62. The number of furan rings is 2. The number of hydrogen-bond acceptors (Lipinski definition) is 4. The number of aliphatic carboxylic acids is 1. The highest BCUT2D eigenvalue weighted by Crippen LogP contribution is 2.24. The summed E-state index contributed by atoms with van der Waals surface area (Å²) in [6.07, 6.45) is -2.79.